The lowest BCUT2D eigenvalue weighted by molar-refractivity contribution is -0.119. The number of anilines is 1. The third-order valence-electron chi connectivity index (χ3n) is 4.33. The molecule has 1 N–H and O–H groups in total. The molecule has 134 valence electrons. The molecule has 0 saturated carbocycles. The van der Waals surface area contributed by atoms with Crippen LogP contribution in [0.2, 0.25) is 10.0 Å². The Morgan fingerprint density at radius 1 is 1.04 bits per heavy atom. The van der Waals surface area contributed by atoms with E-state index in [9.17, 15) is 9.59 Å². The molecule has 0 radical (unpaired) electrons. The fourth-order valence-electron chi connectivity index (χ4n) is 3.12. The Hall–Kier alpha value is -2.89. The van der Waals surface area contributed by atoms with Crippen molar-refractivity contribution in [2.24, 2.45) is 5.10 Å². The number of rotatable bonds is 4. The number of carbonyl (C=O) groups is 2. The summed E-state index contributed by atoms with van der Waals surface area (Å²) in [4.78, 5) is 26.4. The molecule has 3 aromatic rings. The van der Waals surface area contributed by atoms with Crippen LogP contribution in [0.3, 0.4) is 0 Å². The van der Waals surface area contributed by atoms with Crippen molar-refractivity contribution < 1.29 is 9.59 Å². The van der Waals surface area contributed by atoms with Gasteiger partial charge >= 0.3 is 0 Å². The molecule has 0 fully saturated rings. The van der Waals surface area contributed by atoms with Gasteiger partial charge in [0.15, 0.2) is 0 Å². The summed E-state index contributed by atoms with van der Waals surface area (Å²) in [7, 11) is 0. The highest BCUT2D eigenvalue weighted by molar-refractivity contribution is 6.38. The van der Waals surface area contributed by atoms with Gasteiger partial charge in [-0.15, -0.1) is 0 Å². The number of amides is 2. The number of nitrogens with zero attached hydrogens (tertiary/aromatic N) is 2. The molecular formula is C20H13Cl2N3O2. The summed E-state index contributed by atoms with van der Waals surface area (Å²) in [5.74, 6) is -0.623. The lowest BCUT2D eigenvalue weighted by Crippen LogP contribution is -2.37. The third-order valence-corrected chi connectivity index (χ3v) is 4.99. The minimum atomic E-state index is -0.424. The summed E-state index contributed by atoms with van der Waals surface area (Å²) in [5.41, 5.74) is 4.24. The number of nitrogens with one attached hydrogen (secondary N) is 1. The van der Waals surface area contributed by atoms with Crippen LogP contribution in [0.5, 0.6) is 0 Å². The summed E-state index contributed by atoms with van der Waals surface area (Å²) in [6, 6.07) is 16.3. The second kappa shape index (κ2) is 7.02. The first-order valence-electron chi connectivity index (χ1n) is 8.16. The minimum Gasteiger partial charge on any atom is -0.298 e. The molecule has 0 aromatic heterocycles. The van der Waals surface area contributed by atoms with Crippen molar-refractivity contribution in [2.45, 2.75) is 0 Å². The normalized spacial score (nSPS) is 13.0. The van der Waals surface area contributed by atoms with Crippen LogP contribution in [0.4, 0.5) is 5.69 Å². The Morgan fingerprint density at radius 2 is 1.70 bits per heavy atom. The minimum absolute atomic E-state index is 0.139. The molecule has 2 amide bonds. The van der Waals surface area contributed by atoms with E-state index in [0.717, 1.165) is 16.5 Å². The average Bonchev–Trinajstić information content (AvgIpc) is 2.92. The van der Waals surface area contributed by atoms with Gasteiger partial charge in [-0.05, 0) is 29.7 Å². The summed E-state index contributed by atoms with van der Waals surface area (Å²) in [6.07, 6.45) is 1.38. The zero-order valence-electron chi connectivity index (χ0n) is 13.9. The van der Waals surface area contributed by atoms with Gasteiger partial charge in [0.05, 0.1) is 21.9 Å². The Bertz CT molecular complexity index is 1090. The molecule has 0 spiro atoms. The van der Waals surface area contributed by atoms with Gasteiger partial charge in [-0.2, -0.15) is 5.10 Å². The average molecular weight is 398 g/mol. The highest BCUT2D eigenvalue weighted by Gasteiger charge is 2.30. The predicted molar refractivity (Wildman–Crippen MR) is 108 cm³/mol. The number of carbonyl (C=O) groups excluding carboxylic acids is 2. The molecule has 7 heteroatoms. The molecule has 3 aromatic carbocycles. The molecule has 0 unspecified atom stereocenters. The molecule has 0 aliphatic carbocycles. The van der Waals surface area contributed by atoms with E-state index in [4.69, 9.17) is 23.2 Å². The SMILES string of the molecule is O=C(CN1C(=O)c2cccc3cccc1c23)N/N=C/c1c(Cl)cccc1Cl. The summed E-state index contributed by atoms with van der Waals surface area (Å²) >= 11 is 12.1. The first-order valence-corrected chi connectivity index (χ1v) is 8.91. The maximum absolute atomic E-state index is 12.7. The zero-order valence-corrected chi connectivity index (χ0v) is 15.5. The number of halogens is 2. The monoisotopic (exact) mass is 397 g/mol. The van der Waals surface area contributed by atoms with Gasteiger partial charge in [0.2, 0.25) is 0 Å². The molecule has 27 heavy (non-hydrogen) atoms. The van der Waals surface area contributed by atoms with E-state index >= 15 is 0 Å². The van der Waals surface area contributed by atoms with Crippen molar-refractivity contribution in [1.29, 1.82) is 0 Å². The summed E-state index contributed by atoms with van der Waals surface area (Å²) in [6.45, 7) is -0.139. The van der Waals surface area contributed by atoms with Gasteiger partial charge in [-0.1, -0.05) is 53.5 Å². The van der Waals surface area contributed by atoms with Gasteiger partial charge in [-0.3, -0.25) is 14.5 Å². The lowest BCUT2D eigenvalue weighted by Gasteiger charge is -2.16. The largest absolute Gasteiger partial charge is 0.298 e. The van der Waals surface area contributed by atoms with E-state index in [0.29, 0.717) is 21.2 Å². The van der Waals surface area contributed by atoms with E-state index in [1.165, 1.54) is 11.1 Å². The highest BCUT2D eigenvalue weighted by atomic mass is 35.5. The first-order chi connectivity index (χ1) is 13.1. The summed E-state index contributed by atoms with van der Waals surface area (Å²) < 4.78 is 0. The van der Waals surface area contributed by atoms with Gasteiger partial charge in [-0.25, -0.2) is 5.43 Å². The van der Waals surface area contributed by atoms with Crippen LogP contribution in [0, 0.1) is 0 Å². The van der Waals surface area contributed by atoms with Crippen LogP contribution in [-0.4, -0.2) is 24.6 Å². The van der Waals surface area contributed by atoms with Crippen molar-refractivity contribution in [1.82, 2.24) is 5.43 Å². The molecule has 0 bridgehead atoms. The molecule has 1 aliphatic heterocycles. The number of hydrogen-bond acceptors (Lipinski definition) is 3. The molecular weight excluding hydrogens is 385 g/mol. The Balaban J connectivity index is 1.51. The molecule has 1 heterocycles. The molecule has 0 saturated heterocycles. The summed E-state index contributed by atoms with van der Waals surface area (Å²) in [5, 5.41) is 6.58. The van der Waals surface area contributed by atoms with Gasteiger partial charge in [0.25, 0.3) is 11.8 Å². The van der Waals surface area contributed by atoms with Crippen LogP contribution in [0.1, 0.15) is 15.9 Å². The van der Waals surface area contributed by atoms with Gasteiger partial charge in [0, 0.05) is 16.5 Å². The van der Waals surface area contributed by atoms with Crippen LogP contribution in [-0.2, 0) is 4.79 Å². The number of hydrazone groups is 1. The van der Waals surface area contributed by atoms with Crippen molar-refractivity contribution in [3.05, 3.63) is 75.8 Å². The van der Waals surface area contributed by atoms with Crippen LogP contribution in [0.15, 0.2) is 59.7 Å². The lowest BCUT2D eigenvalue weighted by atomic mass is 10.1. The molecule has 5 nitrogen and oxygen atoms in total. The van der Waals surface area contributed by atoms with E-state index in [1.807, 2.05) is 30.3 Å². The Morgan fingerprint density at radius 3 is 2.44 bits per heavy atom. The standard InChI is InChI=1S/C20H13Cl2N3O2/c21-15-7-3-8-16(22)14(15)10-23-24-18(26)11-25-17-9-2-5-12-4-1-6-13(19(12)17)20(25)27/h1-10H,11H2,(H,24,26)/b23-10+. The molecule has 1 aliphatic rings. The van der Waals surface area contributed by atoms with Crippen molar-refractivity contribution in [3.63, 3.8) is 0 Å². The highest BCUT2D eigenvalue weighted by Crippen LogP contribution is 2.36. The van der Waals surface area contributed by atoms with Crippen molar-refractivity contribution >= 4 is 57.7 Å². The van der Waals surface area contributed by atoms with E-state index in [1.54, 1.807) is 24.3 Å². The van der Waals surface area contributed by atoms with Crippen LogP contribution < -0.4 is 10.3 Å². The van der Waals surface area contributed by atoms with Gasteiger partial charge in [0.1, 0.15) is 6.54 Å². The Kier molecular flexibility index (Phi) is 4.56. The maximum Gasteiger partial charge on any atom is 0.260 e. The molecule has 0 atom stereocenters. The van der Waals surface area contributed by atoms with Gasteiger partial charge < -0.3 is 0 Å². The van der Waals surface area contributed by atoms with Crippen LogP contribution >= 0.6 is 23.2 Å². The second-order valence-electron chi connectivity index (χ2n) is 6.00. The number of hydrogen-bond donors (Lipinski definition) is 1. The quantitative estimate of drug-likeness (QED) is 0.528. The Labute approximate surface area is 165 Å². The fraction of sp³-hybridized carbons (Fsp3) is 0.0500. The van der Waals surface area contributed by atoms with Crippen molar-refractivity contribution in [2.75, 3.05) is 11.4 Å². The first kappa shape index (κ1) is 17.5. The van der Waals surface area contributed by atoms with Crippen LogP contribution in [0.25, 0.3) is 10.8 Å². The third kappa shape index (κ3) is 3.16. The predicted octanol–water partition coefficient (Wildman–Crippen LogP) is 4.26. The second-order valence-corrected chi connectivity index (χ2v) is 6.82. The smallest absolute Gasteiger partial charge is 0.260 e. The van der Waals surface area contributed by atoms with E-state index in [2.05, 4.69) is 10.5 Å². The van der Waals surface area contributed by atoms with E-state index in [-0.39, 0.29) is 12.5 Å². The number of benzene rings is 3. The van der Waals surface area contributed by atoms with Crippen molar-refractivity contribution in [3.8, 4) is 0 Å². The van der Waals surface area contributed by atoms with E-state index < -0.39 is 5.91 Å². The molecule has 4 rings (SSSR count). The zero-order chi connectivity index (χ0) is 19.0. The fourth-order valence-corrected chi connectivity index (χ4v) is 3.61. The maximum atomic E-state index is 12.7. The topological polar surface area (TPSA) is 61.8 Å².